The van der Waals surface area contributed by atoms with Crippen LogP contribution in [0.25, 0.3) is 0 Å². The van der Waals surface area contributed by atoms with Crippen molar-refractivity contribution >= 4 is 0 Å². The molecule has 0 aliphatic carbocycles. The van der Waals surface area contributed by atoms with Crippen molar-refractivity contribution in [3.05, 3.63) is 35.9 Å². The van der Waals surface area contributed by atoms with Gasteiger partial charge in [0.25, 0.3) is 0 Å². The van der Waals surface area contributed by atoms with Crippen LogP contribution in [0, 0.1) is 5.92 Å². The smallest absolute Gasteiger partial charge is 0.0587 e. The molecule has 0 radical (unpaired) electrons. The number of hydrogen-bond acceptors (Lipinski definition) is 2. The average molecular weight is 219 g/mol. The molecule has 0 bridgehead atoms. The lowest BCUT2D eigenvalue weighted by atomic mass is 9.89. The van der Waals surface area contributed by atoms with Gasteiger partial charge in [0.05, 0.1) is 6.61 Å². The quantitative estimate of drug-likeness (QED) is 0.814. The van der Waals surface area contributed by atoms with E-state index in [2.05, 4.69) is 35.6 Å². The molecule has 16 heavy (non-hydrogen) atoms. The minimum Gasteiger partial charge on any atom is -0.395 e. The summed E-state index contributed by atoms with van der Waals surface area (Å²) in [4.78, 5) is 0. The first-order valence-electron chi connectivity index (χ1n) is 6.28. The Morgan fingerprint density at radius 2 is 2.00 bits per heavy atom. The zero-order valence-corrected chi connectivity index (χ0v) is 9.73. The molecule has 88 valence electrons. The van der Waals surface area contributed by atoms with Gasteiger partial charge in [-0.15, -0.1) is 0 Å². The Hall–Kier alpha value is -0.860. The van der Waals surface area contributed by atoms with E-state index in [0.717, 1.165) is 13.0 Å². The van der Waals surface area contributed by atoms with Gasteiger partial charge in [0, 0.05) is 6.04 Å². The van der Waals surface area contributed by atoms with E-state index in [-0.39, 0.29) is 12.6 Å². The zero-order valence-electron chi connectivity index (χ0n) is 9.73. The highest BCUT2D eigenvalue weighted by Crippen LogP contribution is 2.21. The summed E-state index contributed by atoms with van der Waals surface area (Å²) in [6.45, 7) is 1.31. The molecule has 1 fully saturated rings. The summed E-state index contributed by atoms with van der Waals surface area (Å²) < 4.78 is 0. The van der Waals surface area contributed by atoms with Crippen molar-refractivity contribution in [2.45, 2.75) is 31.7 Å². The van der Waals surface area contributed by atoms with E-state index in [1.807, 2.05) is 0 Å². The normalized spacial score (nSPS) is 26.3. The first kappa shape index (κ1) is 11.6. The highest BCUT2D eigenvalue weighted by atomic mass is 16.3. The minimum atomic E-state index is 0.261. The molecule has 0 spiro atoms. The number of hydrogen-bond donors (Lipinski definition) is 2. The van der Waals surface area contributed by atoms with Crippen LogP contribution in [0.15, 0.2) is 30.3 Å². The monoisotopic (exact) mass is 219 g/mol. The third kappa shape index (κ3) is 3.06. The maximum Gasteiger partial charge on any atom is 0.0587 e. The second-order valence-electron chi connectivity index (χ2n) is 4.69. The van der Waals surface area contributed by atoms with Crippen LogP contribution in [0.4, 0.5) is 0 Å². The maximum atomic E-state index is 9.40. The molecule has 1 aromatic rings. The fourth-order valence-electron chi connectivity index (χ4n) is 2.56. The lowest BCUT2D eigenvalue weighted by Crippen LogP contribution is -2.38. The number of nitrogens with one attached hydrogen (secondary N) is 1. The molecule has 2 atom stereocenters. The van der Waals surface area contributed by atoms with Crippen molar-refractivity contribution in [3.8, 4) is 0 Å². The largest absolute Gasteiger partial charge is 0.395 e. The third-order valence-corrected chi connectivity index (χ3v) is 3.51. The van der Waals surface area contributed by atoms with Crippen LogP contribution in [0.5, 0.6) is 0 Å². The molecule has 2 N–H and O–H groups in total. The maximum absolute atomic E-state index is 9.40. The Bertz CT molecular complexity index is 299. The Labute approximate surface area is 97.7 Å². The predicted molar refractivity (Wildman–Crippen MR) is 66.4 cm³/mol. The fraction of sp³-hybridized carbons (Fsp3) is 0.571. The van der Waals surface area contributed by atoms with Gasteiger partial charge in [-0.2, -0.15) is 0 Å². The highest BCUT2D eigenvalue weighted by molar-refractivity contribution is 5.15. The van der Waals surface area contributed by atoms with E-state index in [1.54, 1.807) is 0 Å². The summed E-state index contributed by atoms with van der Waals surface area (Å²) in [6, 6.07) is 10.9. The van der Waals surface area contributed by atoms with Gasteiger partial charge >= 0.3 is 0 Å². The van der Waals surface area contributed by atoms with Crippen LogP contribution in [0.2, 0.25) is 0 Å². The lowest BCUT2D eigenvalue weighted by Gasteiger charge is -2.24. The molecule has 2 heteroatoms. The van der Waals surface area contributed by atoms with Gasteiger partial charge in [0.2, 0.25) is 0 Å². The number of benzene rings is 1. The summed E-state index contributed by atoms with van der Waals surface area (Å²) in [5.74, 6) is 0.579. The van der Waals surface area contributed by atoms with Gasteiger partial charge in [-0.3, -0.25) is 0 Å². The molecule has 0 unspecified atom stereocenters. The highest BCUT2D eigenvalue weighted by Gasteiger charge is 2.22. The van der Waals surface area contributed by atoms with Crippen molar-refractivity contribution < 1.29 is 5.11 Å². The van der Waals surface area contributed by atoms with Crippen LogP contribution in [0.3, 0.4) is 0 Å². The Morgan fingerprint density at radius 1 is 1.19 bits per heavy atom. The van der Waals surface area contributed by atoms with Crippen molar-refractivity contribution in [3.63, 3.8) is 0 Å². The van der Waals surface area contributed by atoms with Gasteiger partial charge < -0.3 is 10.4 Å². The van der Waals surface area contributed by atoms with Crippen molar-refractivity contribution in [1.29, 1.82) is 0 Å². The number of aliphatic hydroxyl groups is 1. The van der Waals surface area contributed by atoms with Crippen LogP contribution in [0.1, 0.15) is 24.8 Å². The first-order valence-corrected chi connectivity index (χ1v) is 6.28. The third-order valence-electron chi connectivity index (χ3n) is 3.51. The summed E-state index contributed by atoms with van der Waals surface area (Å²) in [5, 5.41) is 12.9. The zero-order chi connectivity index (χ0) is 11.2. The minimum absolute atomic E-state index is 0.261. The van der Waals surface area contributed by atoms with E-state index < -0.39 is 0 Å². The second-order valence-corrected chi connectivity index (χ2v) is 4.69. The van der Waals surface area contributed by atoms with Gasteiger partial charge in [-0.25, -0.2) is 0 Å². The van der Waals surface area contributed by atoms with E-state index in [1.165, 1.54) is 24.8 Å². The Morgan fingerprint density at radius 3 is 2.75 bits per heavy atom. The van der Waals surface area contributed by atoms with Gasteiger partial charge in [-0.05, 0) is 37.3 Å². The molecule has 1 aromatic carbocycles. The van der Waals surface area contributed by atoms with Crippen LogP contribution in [-0.4, -0.2) is 24.3 Å². The Kier molecular flexibility index (Phi) is 4.37. The van der Waals surface area contributed by atoms with E-state index >= 15 is 0 Å². The molecule has 2 rings (SSSR count). The molecule has 1 aliphatic heterocycles. The average Bonchev–Trinajstić information content (AvgIpc) is 2.55. The number of rotatable bonds is 3. The molecular formula is C14H21NO. The molecule has 1 saturated heterocycles. The summed E-state index contributed by atoms with van der Waals surface area (Å²) in [5.41, 5.74) is 1.38. The van der Waals surface area contributed by atoms with Gasteiger partial charge in [0.15, 0.2) is 0 Å². The fourth-order valence-corrected chi connectivity index (χ4v) is 2.56. The predicted octanol–water partition coefficient (Wildman–Crippen LogP) is 1.98. The molecular weight excluding hydrogens is 198 g/mol. The standard InChI is InChI=1S/C14H21NO/c16-11-14-13(8-4-5-9-15-14)10-12-6-2-1-3-7-12/h1-3,6-7,13-16H,4-5,8-11H2/t13-,14+/m1/s1. The van der Waals surface area contributed by atoms with Gasteiger partial charge in [-0.1, -0.05) is 36.8 Å². The molecule has 0 saturated carbocycles. The van der Waals surface area contributed by atoms with Crippen LogP contribution in [-0.2, 0) is 6.42 Å². The van der Waals surface area contributed by atoms with E-state index in [9.17, 15) is 5.11 Å². The number of aliphatic hydroxyl groups excluding tert-OH is 1. The molecule has 0 aromatic heterocycles. The summed E-state index contributed by atoms with van der Waals surface area (Å²) >= 11 is 0. The van der Waals surface area contributed by atoms with Gasteiger partial charge in [0.1, 0.15) is 0 Å². The van der Waals surface area contributed by atoms with Crippen molar-refractivity contribution in [2.75, 3.05) is 13.2 Å². The first-order chi connectivity index (χ1) is 7.90. The topological polar surface area (TPSA) is 32.3 Å². The Balaban J connectivity index is 2.00. The summed E-state index contributed by atoms with van der Waals surface area (Å²) in [6.07, 6.45) is 4.83. The van der Waals surface area contributed by atoms with E-state index in [4.69, 9.17) is 0 Å². The van der Waals surface area contributed by atoms with E-state index in [0.29, 0.717) is 5.92 Å². The molecule has 0 amide bonds. The second kappa shape index (κ2) is 6.02. The van der Waals surface area contributed by atoms with Crippen molar-refractivity contribution in [2.24, 2.45) is 5.92 Å². The SMILES string of the molecule is OC[C@@H]1NCCCC[C@@H]1Cc1ccccc1. The summed E-state index contributed by atoms with van der Waals surface area (Å²) in [7, 11) is 0. The van der Waals surface area contributed by atoms with Crippen LogP contribution < -0.4 is 5.32 Å². The molecule has 2 nitrogen and oxygen atoms in total. The van der Waals surface area contributed by atoms with Crippen LogP contribution >= 0.6 is 0 Å². The van der Waals surface area contributed by atoms with Crippen molar-refractivity contribution in [1.82, 2.24) is 5.32 Å². The lowest BCUT2D eigenvalue weighted by molar-refractivity contribution is 0.200. The molecule has 1 aliphatic rings. The molecule has 1 heterocycles.